The maximum atomic E-state index is 12.3. The average Bonchev–Trinajstić information content (AvgIpc) is 3.39. The first-order valence-electron chi connectivity index (χ1n) is 10.4. The molecule has 0 aliphatic rings. The van der Waals surface area contributed by atoms with Crippen molar-refractivity contribution in [1.82, 2.24) is 25.3 Å². The fourth-order valence-corrected chi connectivity index (χ4v) is 3.05. The number of carbonyl (C=O) groups is 1. The summed E-state index contributed by atoms with van der Waals surface area (Å²) < 4.78 is 7.28. The average molecular weight is 396 g/mol. The fraction of sp³-hybridized carbons (Fsp3) is 0.455. The monoisotopic (exact) mass is 395 g/mol. The van der Waals surface area contributed by atoms with Crippen molar-refractivity contribution in [2.75, 3.05) is 0 Å². The van der Waals surface area contributed by atoms with Gasteiger partial charge in [0, 0.05) is 12.1 Å². The van der Waals surface area contributed by atoms with Gasteiger partial charge in [-0.1, -0.05) is 61.9 Å². The molecule has 0 saturated heterocycles. The van der Waals surface area contributed by atoms with E-state index in [0.717, 1.165) is 29.8 Å². The van der Waals surface area contributed by atoms with Gasteiger partial charge < -0.3 is 9.73 Å². The largest absolute Gasteiger partial charge is 0.444 e. The van der Waals surface area contributed by atoms with Gasteiger partial charge in [-0.05, 0) is 25.5 Å². The van der Waals surface area contributed by atoms with Gasteiger partial charge in [-0.2, -0.15) is 0 Å². The lowest BCUT2D eigenvalue weighted by atomic mass is 10.1. The van der Waals surface area contributed by atoms with Crippen LogP contribution in [0.1, 0.15) is 67.2 Å². The zero-order valence-electron chi connectivity index (χ0n) is 17.2. The Labute approximate surface area is 171 Å². The Hall–Kier alpha value is -2.96. The number of oxazole rings is 1. The SMILES string of the molecule is CCCCCCCCn1cc(CNC(=O)c2coc(-c3ccc(C)cc3)n2)nn1. The van der Waals surface area contributed by atoms with Crippen molar-refractivity contribution >= 4 is 5.91 Å². The highest BCUT2D eigenvalue weighted by Gasteiger charge is 2.14. The third-order valence-corrected chi connectivity index (χ3v) is 4.79. The molecular weight excluding hydrogens is 366 g/mol. The third kappa shape index (κ3) is 6.27. The van der Waals surface area contributed by atoms with Crippen molar-refractivity contribution in [3.8, 4) is 11.5 Å². The molecule has 0 aliphatic heterocycles. The fourth-order valence-electron chi connectivity index (χ4n) is 3.05. The van der Waals surface area contributed by atoms with Crippen LogP contribution in [0.4, 0.5) is 0 Å². The van der Waals surface area contributed by atoms with E-state index < -0.39 is 0 Å². The van der Waals surface area contributed by atoms with Crippen molar-refractivity contribution in [1.29, 1.82) is 0 Å². The van der Waals surface area contributed by atoms with Crippen molar-refractivity contribution in [3.05, 3.63) is 53.7 Å². The predicted molar refractivity (Wildman–Crippen MR) is 111 cm³/mol. The quantitative estimate of drug-likeness (QED) is 0.482. The van der Waals surface area contributed by atoms with Gasteiger partial charge in [0.15, 0.2) is 5.69 Å². The van der Waals surface area contributed by atoms with E-state index in [1.54, 1.807) is 0 Å². The lowest BCUT2D eigenvalue weighted by Crippen LogP contribution is -2.23. The second-order valence-corrected chi connectivity index (χ2v) is 7.33. The Balaban J connectivity index is 1.44. The summed E-state index contributed by atoms with van der Waals surface area (Å²) in [6.45, 7) is 5.40. The summed E-state index contributed by atoms with van der Waals surface area (Å²) in [5.41, 5.74) is 2.97. The van der Waals surface area contributed by atoms with E-state index in [2.05, 4.69) is 27.5 Å². The van der Waals surface area contributed by atoms with Crippen LogP contribution in [0.25, 0.3) is 11.5 Å². The van der Waals surface area contributed by atoms with Crippen LogP contribution >= 0.6 is 0 Å². The smallest absolute Gasteiger partial charge is 0.273 e. The second-order valence-electron chi connectivity index (χ2n) is 7.33. The summed E-state index contributed by atoms with van der Waals surface area (Å²) in [4.78, 5) is 16.6. The van der Waals surface area contributed by atoms with Crippen LogP contribution in [0.3, 0.4) is 0 Å². The zero-order valence-corrected chi connectivity index (χ0v) is 17.2. The Kier molecular flexibility index (Phi) is 7.55. The number of aryl methyl sites for hydroxylation is 2. The maximum Gasteiger partial charge on any atom is 0.273 e. The third-order valence-electron chi connectivity index (χ3n) is 4.79. The number of aromatic nitrogens is 4. The summed E-state index contributed by atoms with van der Waals surface area (Å²) >= 11 is 0. The summed E-state index contributed by atoms with van der Waals surface area (Å²) in [6.07, 6.45) is 10.7. The second kappa shape index (κ2) is 10.5. The summed E-state index contributed by atoms with van der Waals surface area (Å²) in [6, 6.07) is 7.80. The highest BCUT2D eigenvalue weighted by atomic mass is 16.3. The molecule has 154 valence electrons. The zero-order chi connectivity index (χ0) is 20.5. The van der Waals surface area contributed by atoms with Crippen molar-refractivity contribution < 1.29 is 9.21 Å². The Morgan fingerprint density at radius 3 is 2.66 bits per heavy atom. The maximum absolute atomic E-state index is 12.3. The minimum atomic E-state index is -0.294. The molecule has 0 bridgehead atoms. The Morgan fingerprint density at radius 2 is 1.86 bits per heavy atom. The van der Waals surface area contributed by atoms with Gasteiger partial charge in [0.05, 0.1) is 12.7 Å². The number of hydrogen-bond donors (Lipinski definition) is 1. The molecule has 1 amide bonds. The molecule has 2 aromatic heterocycles. The number of carbonyl (C=O) groups excluding carboxylic acids is 1. The van der Waals surface area contributed by atoms with E-state index in [-0.39, 0.29) is 11.6 Å². The van der Waals surface area contributed by atoms with Crippen molar-refractivity contribution in [2.45, 2.75) is 65.5 Å². The van der Waals surface area contributed by atoms with Gasteiger partial charge in [-0.3, -0.25) is 9.48 Å². The minimum absolute atomic E-state index is 0.250. The number of rotatable bonds is 11. The number of unbranched alkanes of at least 4 members (excludes halogenated alkanes) is 5. The highest BCUT2D eigenvalue weighted by molar-refractivity contribution is 5.92. The number of benzene rings is 1. The number of hydrogen-bond acceptors (Lipinski definition) is 5. The van der Waals surface area contributed by atoms with Crippen molar-refractivity contribution in [2.24, 2.45) is 0 Å². The topological polar surface area (TPSA) is 85.8 Å². The van der Waals surface area contributed by atoms with Crippen LogP contribution in [0.15, 0.2) is 41.1 Å². The first kappa shape index (κ1) is 20.8. The molecular formula is C22H29N5O2. The molecule has 1 N–H and O–H groups in total. The van der Waals surface area contributed by atoms with E-state index in [0.29, 0.717) is 12.4 Å². The molecule has 0 radical (unpaired) electrons. The molecule has 1 aromatic carbocycles. The molecule has 0 saturated carbocycles. The first-order chi connectivity index (χ1) is 14.2. The van der Waals surface area contributed by atoms with Crippen LogP contribution in [-0.2, 0) is 13.1 Å². The number of nitrogens with one attached hydrogen (secondary N) is 1. The molecule has 29 heavy (non-hydrogen) atoms. The predicted octanol–water partition coefficient (Wildman–Crippen LogP) is 4.53. The highest BCUT2D eigenvalue weighted by Crippen LogP contribution is 2.19. The molecule has 0 unspecified atom stereocenters. The Bertz CT molecular complexity index is 898. The van der Waals surface area contributed by atoms with Gasteiger partial charge in [-0.25, -0.2) is 4.98 Å². The van der Waals surface area contributed by atoms with Gasteiger partial charge in [0.1, 0.15) is 12.0 Å². The van der Waals surface area contributed by atoms with E-state index in [4.69, 9.17) is 4.42 Å². The van der Waals surface area contributed by atoms with Gasteiger partial charge in [0.2, 0.25) is 5.89 Å². The molecule has 0 atom stereocenters. The van der Waals surface area contributed by atoms with Crippen LogP contribution in [0.5, 0.6) is 0 Å². The van der Waals surface area contributed by atoms with Gasteiger partial charge in [-0.15, -0.1) is 5.10 Å². The van der Waals surface area contributed by atoms with E-state index in [1.807, 2.05) is 42.1 Å². The lowest BCUT2D eigenvalue weighted by molar-refractivity contribution is 0.0945. The normalized spacial score (nSPS) is 11.0. The molecule has 7 nitrogen and oxygen atoms in total. The molecule has 3 aromatic rings. The molecule has 3 rings (SSSR count). The molecule has 0 spiro atoms. The van der Waals surface area contributed by atoms with Crippen LogP contribution in [-0.4, -0.2) is 25.9 Å². The first-order valence-corrected chi connectivity index (χ1v) is 10.4. The van der Waals surface area contributed by atoms with Crippen LogP contribution in [0, 0.1) is 6.92 Å². The van der Waals surface area contributed by atoms with E-state index in [9.17, 15) is 4.79 Å². The number of amides is 1. The standard InChI is InChI=1S/C22H29N5O2/c1-3-4-5-6-7-8-13-27-15-19(25-26-27)14-23-21(28)20-16-29-22(24-20)18-11-9-17(2)10-12-18/h9-12,15-16H,3-8,13-14H2,1-2H3,(H,23,28). The minimum Gasteiger partial charge on any atom is -0.444 e. The van der Waals surface area contributed by atoms with Gasteiger partial charge in [0.25, 0.3) is 5.91 Å². The Morgan fingerprint density at radius 1 is 1.10 bits per heavy atom. The van der Waals surface area contributed by atoms with Crippen LogP contribution < -0.4 is 5.32 Å². The van der Waals surface area contributed by atoms with E-state index >= 15 is 0 Å². The molecule has 0 fully saturated rings. The number of nitrogens with zero attached hydrogens (tertiary/aromatic N) is 4. The molecule has 7 heteroatoms. The summed E-state index contributed by atoms with van der Waals surface area (Å²) in [5.74, 6) is 0.137. The lowest BCUT2D eigenvalue weighted by Gasteiger charge is -2.01. The molecule has 2 heterocycles. The van der Waals surface area contributed by atoms with E-state index in [1.165, 1.54) is 38.4 Å². The summed E-state index contributed by atoms with van der Waals surface area (Å²) in [5, 5.41) is 11.1. The molecule has 0 aliphatic carbocycles. The summed E-state index contributed by atoms with van der Waals surface area (Å²) in [7, 11) is 0. The van der Waals surface area contributed by atoms with Crippen LogP contribution in [0.2, 0.25) is 0 Å². The van der Waals surface area contributed by atoms with Crippen molar-refractivity contribution in [3.63, 3.8) is 0 Å². The van der Waals surface area contributed by atoms with Gasteiger partial charge >= 0.3 is 0 Å².